The third kappa shape index (κ3) is 2.88. The van der Waals surface area contributed by atoms with E-state index in [0.29, 0.717) is 5.69 Å². The van der Waals surface area contributed by atoms with Crippen molar-refractivity contribution in [3.63, 3.8) is 0 Å². The Morgan fingerprint density at radius 3 is 2.75 bits per heavy atom. The van der Waals surface area contributed by atoms with Crippen LogP contribution in [-0.4, -0.2) is 23.8 Å². The van der Waals surface area contributed by atoms with Crippen LogP contribution in [0, 0.1) is 0 Å². The van der Waals surface area contributed by atoms with Crippen molar-refractivity contribution in [2.24, 2.45) is 0 Å². The van der Waals surface area contributed by atoms with E-state index >= 15 is 0 Å². The number of anilines is 2. The Labute approximate surface area is 92.0 Å². The Hall–Kier alpha value is -2.24. The number of amides is 1. The Morgan fingerprint density at radius 1 is 1.50 bits per heavy atom. The fraction of sp³-hybridized carbons (Fsp3) is 0.200. The molecule has 0 aliphatic rings. The molecule has 0 saturated carbocycles. The van der Waals surface area contributed by atoms with Gasteiger partial charge in [-0.15, -0.1) is 0 Å². The van der Waals surface area contributed by atoms with Gasteiger partial charge in [0.15, 0.2) is 0 Å². The zero-order chi connectivity index (χ0) is 12.1. The molecule has 1 aromatic carbocycles. The molecule has 0 aliphatic carbocycles. The highest BCUT2D eigenvalue weighted by atomic mass is 16.5. The second-order valence-corrected chi connectivity index (χ2v) is 2.96. The van der Waals surface area contributed by atoms with Gasteiger partial charge in [-0.3, -0.25) is 5.32 Å². The van der Waals surface area contributed by atoms with E-state index in [4.69, 9.17) is 10.8 Å². The van der Waals surface area contributed by atoms with Crippen molar-refractivity contribution in [3.8, 4) is 0 Å². The molecule has 6 nitrogen and oxygen atoms in total. The zero-order valence-electron chi connectivity index (χ0n) is 8.69. The number of nitrogen functional groups attached to an aromatic ring is 1. The maximum absolute atomic E-state index is 11.1. The maximum atomic E-state index is 11.1. The molecule has 16 heavy (non-hydrogen) atoms. The molecule has 0 unspecified atom stereocenters. The molecule has 0 aliphatic heterocycles. The highest BCUT2D eigenvalue weighted by molar-refractivity contribution is 5.99. The molecule has 0 saturated heterocycles. The zero-order valence-corrected chi connectivity index (χ0v) is 8.69. The van der Waals surface area contributed by atoms with Crippen LogP contribution < -0.4 is 11.1 Å². The summed E-state index contributed by atoms with van der Waals surface area (Å²) in [5, 5.41) is 11.2. The number of rotatable bonds is 3. The van der Waals surface area contributed by atoms with Crippen LogP contribution in [0.3, 0.4) is 0 Å². The summed E-state index contributed by atoms with van der Waals surface area (Å²) in [4.78, 5) is 22.0. The average molecular weight is 224 g/mol. The predicted molar refractivity (Wildman–Crippen MR) is 58.5 cm³/mol. The van der Waals surface area contributed by atoms with Crippen molar-refractivity contribution in [2.75, 3.05) is 17.7 Å². The molecule has 1 aromatic rings. The molecule has 0 bridgehead atoms. The van der Waals surface area contributed by atoms with Crippen LogP contribution in [0.4, 0.5) is 16.2 Å². The van der Waals surface area contributed by atoms with Gasteiger partial charge in [-0.25, -0.2) is 9.59 Å². The van der Waals surface area contributed by atoms with Gasteiger partial charge in [0.1, 0.15) is 0 Å². The number of nitrogens with two attached hydrogens (primary N) is 1. The van der Waals surface area contributed by atoms with Gasteiger partial charge in [0.05, 0.1) is 17.9 Å². The molecule has 1 rings (SSSR count). The summed E-state index contributed by atoms with van der Waals surface area (Å²) in [5.41, 5.74) is 5.93. The smallest absolute Gasteiger partial charge is 0.411 e. The van der Waals surface area contributed by atoms with Crippen LogP contribution in [0.25, 0.3) is 0 Å². The van der Waals surface area contributed by atoms with Gasteiger partial charge < -0.3 is 15.6 Å². The van der Waals surface area contributed by atoms with Gasteiger partial charge in [0, 0.05) is 5.69 Å². The second kappa shape index (κ2) is 5.01. The molecule has 1 amide bonds. The van der Waals surface area contributed by atoms with Gasteiger partial charge >= 0.3 is 12.1 Å². The molecule has 0 atom stereocenters. The van der Waals surface area contributed by atoms with E-state index in [1.54, 1.807) is 6.92 Å². The van der Waals surface area contributed by atoms with Crippen LogP contribution in [-0.2, 0) is 4.74 Å². The van der Waals surface area contributed by atoms with E-state index in [9.17, 15) is 9.59 Å². The molecule has 86 valence electrons. The number of hydrogen-bond donors (Lipinski definition) is 3. The molecule has 4 N–H and O–H groups in total. The van der Waals surface area contributed by atoms with Gasteiger partial charge in [-0.05, 0) is 25.1 Å². The quantitative estimate of drug-likeness (QED) is 0.676. The predicted octanol–water partition coefficient (Wildman–Crippen LogP) is 1.54. The number of aromatic carboxylic acids is 1. The Balaban J connectivity index is 2.96. The largest absolute Gasteiger partial charge is 0.478 e. The maximum Gasteiger partial charge on any atom is 0.411 e. The van der Waals surface area contributed by atoms with Crippen LogP contribution in [0.1, 0.15) is 17.3 Å². The molecular weight excluding hydrogens is 212 g/mol. The minimum atomic E-state index is -1.15. The Morgan fingerprint density at radius 2 is 2.19 bits per heavy atom. The lowest BCUT2D eigenvalue weighted by molar-refractivity contribution is 0.0698. The number of ether oxygens (including phenoxy) is 1. The minimum absolute atomic E-state index is 0.0396. The molecule has 0 spiro atoms. The van der Waals surface area contributed by atoms with E-state index in [-0.39, 0.29) is 17.9 Å². The van der Waals surface area contributed by atoms with Crippen molar-refractivity contribution < 1.29 is 19.4 Å². The highest BCUT2D eigenvalue weighted by Gasteiger charge is 2.12. The number of carboxylic acid groups (broad SMARTS) is 1. The summed E-state index contributed by atoms with van der Waals surface area (Å²) < 4.78 is 4.64. The van der Waals surface area contributed by atoms with E-state index in [1.807, 2.05) is 0 Å². The summed E-state index contributed by atoms with van der Waals surface area (Å²) in [6.07, 6.45) is -0.712. The lowest BCUT2D eigenvalue weighted by Gasteiger charge is -2.08. The van der Waals surface area contributed by atoms with Gasteiger partial charge in [-0.2, -0.15) is 0 Å². The van der Waals surface area contributed by atoms with Crippen molar-refractivity contribution >= 4 is 23.4 Å². The number of carbonyl (C=O) groups excluding carboxylic acids is 1. The molecule has 0 radical (unpaired) electrons. The number of benzene rings is 1. The Bertz CT molecular complexity index is 417. The molecule has 0 heterocycles. The van der Waals surface area contributed by atoms with Crippen molar-refractivity contribution in [2.45, 2.75) is 6.92 Å². The first kappa shape index (κ1) is 11.8. The fourth-order valence-electron chi connectivity index (χ4n) is 1.13. The van der Waals surface area contributed by atoms with Crippen molar-refractivity contribution in [3.05, 3.63) is 23.8 Å². The van der Waals surface area contributed by atoms with E-state index in [1.165, 1.54) is 18.2 Å². The SMILES string of the molecule is CCOC(=O)Nc1cc(N)ccc1C(=O)O. The topological polar surface area (TPSA) is 102 Å². The normalized spacial score (nSPS) is 9.56. The summed E-state index contributed by atoms with van der Waals surface area (Å²) >= 11 is 0. The lowest BCUT2D eigenvalue weighted by atomic mass is 10.1. The minimum Gasteiger partial charge on any atom is -0.478 e. The third-order valence-corrected chi connectivity index (χ3v) is 1.79. The standard InChI is InChI=1S/C10H12N2O4/c1-2-16-10(15)12-8-5-6(11)3-4-7(8)9(13)14/h3-5H,2,11H2,1H3,(H,12,15)(H,13,14). The molecule has 6 heteroatoms. The van der Waals surface area contributed by atoms with Crippen molar-refractivity contribution in [1.82, 2.24) is 0 Å². The van der Waals surface area contributed by atoms with Gasteiger partial charge in [0.2, 0.25) is 0 Å². The summed E-state index contributed by atoms with van der Waals surface area (Å²) in [6.45, 7) is 1.85. The fourth-order valence-corrected chi connectivity index (χ4v) is 1.13. The summed E-state index contributed by atoms with van der Waals surface area (Å²) in [6, 6.07) is 4.12. The first-order chi connectivity index (χ1) is 7.54. The highest BCUT2D eigenvalue weighted by Crippen LogP contribution is 2.19. The summed E-state index contributed by atoms with van der Waals surface area (Å²) in [7, 11) is 0. The number of carbonyl (C=O) groups is 2. The lowest BCUT2D eigenvalue weighted by Crippen LogP contribution is -2.16. The number of carboxylic acids is 1. The summed E-state index contributed by atoms with van der Waals surface area (Å²) in [5.74, 6) is -1.15. The molecular formula is C10H12N2O4. The van der Waals surface area contributed by atoms with Crippen LogP contribution >= 0.6 is 0 Å². The van der Waals surface area contributed by atoms with Gasteiger partial charge in [0.25, 0.3) is 0 Å². The molecule has 0 aromatic heterocycles. The van der Waals surface area contributed by atoms with Crippen LogP contribution in [0.5, 0.6) is 0 Å². The van der Waals surface area contributed by atoms with E-state index < -0.39 is 12.1 Å². The third-order valence-electron chi connectivity index (χ3n) is 1.79. The Kier molecular flexibility index (Phi) is 3.71. The first-order valence-corrected chi connectivity index (χ1v) is 4.61. The van der Waals surface area contributed by atoms with Crippen molar-refractivity contribution in [1.29, 1.82) is 0 Å². The second-order valence-electron chi connectivity index (χ2n) is 2.96. The van der Waals surface area contributed by atoms with E-state index in [0.717, 1.165) is 0 Å². The van der Waals surface area contributed by atoms with Gasteiger partial charge in [-0.1, -0.05) is 0 Å². The molecule has 0 fully saturated rings. The van der Waals surface area contributed by atoms with Crippen LogP contribution in [0.15, 0.2) is 18.2 Å². The monoisotopic (exact) mass is 224 g/mol. The number of hydrogen-bond acceptors (Lipinski definition) is 4. The number of nitrogens with one attached hydrogen (secondary N) is 1. The van der Waals surface area contributed by atoms with Crippen LogP contribution in [0.2, 0.25) is 0 Å². The first-order valence-electron chi connectivity index (χ1n) is 4.61. The van der Waals surface area contributed by atoms with E-state index in [2.05, 4.69) is 10.1 Å². The average Bonchev–Trinajstić information content (AvgIpc) is 2.17.